The molecule has 1 aromatic heterocycles. The van der Waals surface area contributed by atoms with Crippen molar-refractivity contribution in [1.29, 1.82) is 0 Å². The molecule has 34 heavy (non-hydrogen) atoms. The van der Waals surface area contributed by atoms with Gasteiger partial charge < -0.3 is 14.2 Å². The second kappa shape index (κ2) is 8.78. The molecule has 2 aliphatic rings. The van der Waals surface area contributed by atoms with Crippen molar-refractivity contribution in [2.45, 2.75) is 55.2 Å². The van der Waals surface area contributed by atoms with E-state index in [0.29, 0.717) is 0 Å². The number of nitrogens with zero attached hydrogens (tertiary/aromatic N) is 1. The SMILES string of the molecule is CC(F)[C@]12OC(n3ccc(=O)[nH]c3=O)[C@H](Cl)[C@@]1(OCc1ccccc1)C2OCc1ccccc1. The summed E-state index contributed by atoms with van der Waals surface area (Å²) in [5.74, 6) is 0. The van der Waals surface area contributed by atoms with E-state index in [0.717, 1.165) is 15.7 Å². The minimum atomic E-state index is -1.52. The summed E-state index contributed by atoms with van der Waals surface area (Å²) in [6, 6.07) is 20.1. The van der Waals surface area contributed by atoms with Crippen molar-refractivity contribution in [2.24, 2.45) is 0 Å². The summed E-state index contributed by atoms with van der Waals surface area (Å²) < 4.78 is 35.1. The lowest BCUT2D eigenvalue weighted by Gasteiger charge is -2.26. The quantitative estimate of drug-likeness (QED) is 0.494. The van der Waals surface area contributed by atoms with Gasteiger partial charge in [0, 0.05) is 12.3 Å². The number of aromatic amines is 1. The van der Waals surface area contributed by atoms with E-state index in [1.807, 2.05) is 60.7 Å². The molecule has 2 fully saturated rings. The number of H-pyrrole nitrogens is 1. The van der Waals surface area contributed by atoms with Gasteiger partial charge in [-0.25, -0.2) is 9.18 Å². The maximum atomic E-state index is 15.3. The van der Waals surface area contributed by atoms with Gasteiger partial charge in [-0.1, -0.05) is 60.7 Å². The first-order valence-corrected chi connectivity index (χ1v) is 11.4. The van der Waals surface area contributed by atoms with Gasteiger partial charge in [0.25, 0.3) is 5.56 Å². The fourth-order valence-corrected chi connectivity index (χ4v) is 5.42. The third-order valence-corrected chi connectivity index (χ3v) is 7.12. The third-order valence-electron chi connectivity index (χ3n) is 6.58. The van der Waals surface area contributed by atoms with Crippen LogP contribution in [-0.2, 0) is 27.4 Å². The summed E-state index contributed by atoms with van der Waals surface area (Å²) in [5.41, 5.74) is -2.35. The van der Waals surface area contributed by atoms with Crippen LogP contribution in [-0.4, -0.2) is 38.4 Å². The first-order valence-electron chi connectivity index (χ1n) is 11.0. The molecule has 0 amide bonds. The zero-order chi connectivity index (χ0) is 23.9. The number of benzene rings is 2. The molecular weight excluding hydrogens is 463 g/mol. The van der Waals surface area contributed by atoms with E-state index < -0.39 is 46.3 Å². The number of rotatable bonds is 8. The summed E-state index contributed by atoms with van der Waals surface area (Å²) in [5, 5.41) is -0.973. The fraction of sp³-hybridized carbons (Fsp3) is 0.360. The maximum absolute atomic E-state index is 15.3. The number of halogens is 2. The predicted molar refractivity (Wildman–Crippen MR) is 123 cm³/mol. The lowest BCUT2D eigenvalue weighted by atomic mass is 10.1. The molecule has 0 bridgehead atoms. The lowest BCUT2D eigenvalue weighted by molar-refractivity contribution is -0.110. The molecule has 1 aliphatic heterocycles. The Hall–Kier alpha value is -2.78. The fourth-order valence-electron chi connectivity index (χ4n) is 4.90. The van der Waals surface area contributed by atoms with E-state index in [1.54, 1.807) is 0 Å². The Kier molecular flexibility index (Phi) is 5.93. The molecule has 7 nitrogen and oxygen atoms in total. The Morgan fingerprint density at radius 1 is 1.06 bits per heavy atom. The van der Waals surface area contributed by atoms with Crippen molar-refractivity contribution in [3.63, 3.8) is 0 Å². The van der Waals surface area contributed by atoms with Crippen LogP contribution < -0.4 is 11.2 Å². The smallest absolute Gasteiger partial charge is 0.330 e. The molecule has 0 radical (unpaired) electrons. The summed E-state index contributed by atoms with van der Waals surface area (Å²) in [4.78, 5) is 26.2. The minimum absolute atomic E-state index is 0.153. The average molecular weight is 487 g/mol. The number of fused-ring (bicyclic) bond motifs is 1. The highest BCUT2D eigenvalue weighted by Crippen LogP contribution is 2.69. The van der Waals surface area contributed by atoms with E-state index in [2.05, 4.69) is 4.98 Å². The second-order valence-electron chi connectivity index (χ2n) is 8.58. The van der Waals surface area contributed by atoms with Gasteiger partial charge in [0.05, 0.1) is 13.2 Å². The van der Waals surface area contributed by atoms with E-state index in [9.17, 15) is 9.59 Å². The van der Waals surface area contributed by atoms with Crippen LogP contribution in [0.3, 0.4) is 0 Å². The van der Waals surface area contributed by atoms with Crippen LogP contribution >= 0.6 is 11.6 Å². The number of hydrogen-bond donors (Lipinski definition) is 1. The van der Waals surface area contributed by atoms with Crippen molar-refractivity contribution in [3.8, 4) is 0 Å². The molecule has 0 spiro atoms. The Morgan fingerprint density at radius 3 is 2.26 bits per heavy atom. The first kappa shape index (κ1) is 23.0. The Bertz CT molecular complexity index is 1270. The third kappa shape index (κ3) is 3.53. The molecule has 1 N–H and O–H groups in total. The van der Waals surface area contributed by atoms with E-state index >= 15 is 4.39 Å². The number of ether oxygens (including phenoxy) is 3. The van der Waals surface area contributed by atoms with Crippen LogP contribution in [0.1, 0.15) is 24.3 Å². The molecule has 178 valence electrons. The van der Waals surface area contributed by atoms with E-state index in [-0.39, 0.29) is 13.2 Å². The minimum Gasteiger partial charge on any atom is -0.367 e. The summed E-state index contributed by atoms with van der Waals surface area (Å²) in [6.07, 6.45) is -2.10. The Balaban J connectivity index is 1.50. The van der Waals surface area contributed by atoms with Crippen LogP contribution in [0.15, 0.2) is 82.5 Å². The maximum Gasteiger partial charge on any atom is 0.330 e. The topological polar surface area (TPSA) is 82.6 Å². The zero-order valence-electron chi connectivity index (χ0n) is 18.4. The highest BCUT2D eigenvalue weighted by atomic mass is 35.5. The Morgan fingerprint density at radius 2 is 1.68 bits per heavy atom. The normalized spacial score (nSPS) is 30.6. The van der Waals surface area contributed by atoms with Gasteiger partial charge in [-0.15, -0.1) is 11.6 Å². The highest BCUT2D eigenvalue weighted by Gasteiger charge is 2.91. The zero-order valence-corrected chi connectivity index (χ0v) is 19.2. The number of hydrogen-bond acceptors (Lipinski definition) is 5. The van der Waals surface area contributed by atoms with Crippen molar-refractivity contribution >= 4 is 11.6 Å². The van der Waals surface area contributed by atoms with E-state index in [4.69, 9.17) is 25.8 Å². The van der Waals surface area contributed by atoms with Gasteiger partial charge in [0.2, 0.25) is 0 Å². The van der Waals surface area contributed by atoms with E-state index in [1.165, 1.54) is 19.2 Å². The van der Waals surface area contributed by atoms with Gasteiger partial charge >= 0.3 is 5.69 Å². The monoisotopic (exact) mass is 486 g/mol. The number of alkyl halides is 2. The van der Waals surface area contributed by atoms with Gasteiger partial charge in [0.1, 0.15) is 17.7 Å². The molecule has 1 saturated carbocycles. The van der Waals surface area contributed by atoms with Gasteiger partial charge in [-0.3, -0.25) is 14.3 Å². The molecular formula is C25H24ClFN2O5. The number of aromatic nitrogens is 2. The number of nitrogens with one attached hydrogen (secondary N) is 1. The molecule has 1 saturated heterocycles. The standard InChI is InChI=1S/C25H24ClFN2O5/c1-16(27)24-22(32-14-17-8-4-2-5-9-17)25(24,33-15-18-10-6-3-7-11-18)20(26)21(34-24)29-13-12-19(30)28-23(29)31/h2-13,16,20-22H,14-15H2,1H3,(H,28,30,31)/t16?,20-,21?,22?,24+,25+/m0/s1. The van der Waals surface area contributed by atoms with Gasteiger partial charge in [-0.05, 0) is 18.1 Å². The average Bonchev–Trinajstić information content (AvgIpc) is 3.33. The van der Waals surface area contributed by atoms with Crippen LogP contribution in [0.5, 0.6) is 0 Å². The lowest BCUT2D eigenvalue weighted by Crippen LogP contribution is -2.40. The van der Waals surface area contributed by atoms with Crippen molar-refractivity contribution < 1.29 is 18.6 Å². The molecule has 1 aliphatic carbocycles. The predicted octanol–water partition coefficient (Wildman–Crippen LogP) is 3.32. The summed E-state index contributed by atoms with van der Waals surface area (Å²) >= 11 is 6.90. The summed E-state index contributed by atoms with van der Waals surface area (Å²) in [7, 11) is 0. The van der Waals surface area contributed by atoms with Gasteiger partial charge in [-0.2, -0.15) is 0 Å². The highest BCUT2D eigenvalue weighted by molar-refractivity contribution is 6.22. The second-order valence-corrected chi connectivity index (χ2v) is 9.05. The van der Waals surface area contributed by atoms with Crippen molar-refractivity contribution in [3.05, 3.63) is 105 Å². The van der Waals surface area contributed by atoms with Crippen molar-refractivity contribution in [2.75, 3.05) is 0 Å². The van der Waals surface area contributed by atoms with Crippen LogP contribution in [0, 0.1) is 0 Å². The molecule has 3 aromatic rings. The summed E-state index contributed by atoms with van der Waals surface area (Å²) in [6.45, 7) is 1.74. The largest absolute Gasteiger partial charge is 0.367 e. The molecule has 3 unspecified atom stereocenters. The molecule has 5 rings (SSSR count). The Labute approximate surface area is 200 Å². The molecule has 6 atom stereocenters. The molecule has 2 heterocycles. The van der Waals surface area contributed by atoms with Gasteiger partial charge in [0.15, 0.2) is 17.4 Å². The molecule has 2 aromatic carbocycles. The van der Waals surface area contributed by atoms with Crippen LogP contribution in [0.25, 0.3) is 0 Å². The van der Waals surface area contributed by atoms with Crippen LogP contribution in [0.4, 0.5) is 4.39 Å². The molecule has 9 heteroatoms. The van der Waals surface area contributed by atoms with Crippen LogP contribution in [0.2, 0.25) is 0 Å². The first-order chi connectivity index (χ1) is 16.4. The van der Waals surface area contributed by atoms with Crippen molar-refractivity contribution in [1.82, 2.24) is 9.55 Å².